The number of hydrogen-bond acceptors (Lipinski definition) is 6. The number of alkyl halides is 2. The van der Waals surface area contributed by atoms with E-state index < -0.39 is 17.9 Å². The molecule has 2 amide bonds. The summed E-state index contributed by atoms with van der Waals surface area (Å²) in [5.41, 5.74) is -2.79. The van der Waals surface area contributed by atoms with E-state index in [9.17, 15) is 23.5 Å². The van der Waals surface area contributed by atoms with E-state index in [0.717, 1.165) is 38.2 Å². The lowest BCUT2D eigenvalue weighted by Crippen LogP contribution is -2.50. The van der Waals surface area contributed by atoms with Crippen LogP contribution < -0.4 is 9.64 Å². The van der Waals surface area contributed by atoms with E-state index in [-0.39, 0.29) is 28.9 Å². The second-order valence-corrected chi connectivity index (χ2v) is 10.2. The summed E-state index contributed by atoms with van der Waals surface area (Å²) < 4.78 is 33.0. The first kappa shape index (κ1) is 29.6. The maximum atomic E-state index is 14.0. The molecule has 0 saturated carbocycles. The lowest BCUT2D eigenvalue weighted by Gasteiger charge is -2.34. The lowest BCUT2D eigenvalue weighted by atomic mass is 9.91. The van der Waals surface area contributed by atoms with Crippen LogP contribution in [0.25, 0.3) is 0 Å². The second kappa shape index (κ2) is 12.7. The number of carbonyl (C=O) groups excluding carboxylic acids is 2. The van der Waals surface area contributed by atoms with Crippen molar-refractivity contribution in [2.45, 2.75) is 37.7 Å². The van der Waals surface area contributed by atoms with Gasteiger partial charge in [0.1, 0.15) is 16.7 Å². The SMILES string of the molecule is COc1cccc([C@@](O)(C(=O)N(C)CCCC2CCN(c3ccc(C(=O)N(C)C)c(Cl)n3)CC2)C(F)F)c1. The van der Waals surface area contributed by atoms with Crippen LogP contribution >= 0.6 is 11.6 Å². The Morgan fingerprint density at radius 1 is 1.21 bits per heavy atom. The van der Waals surface area contributed by atoms with Gasteiger partial charge < -0.3 is 24.5 Å². The maximum absolute atomic E-state index is 14.0. The van der Waals surface area contributed by atoms with Gasteiger partial charge in [-0.05, 0) is 55.9 Å². The lowest BCUT2D eigenvalue weighted by molar-refractivity contribution is -0.170. The third kappa shape index (κ3) is 6.53. The Morgan fingerprint density at radius 3 is 2.47 bits per heavy atom. The van der Waals surface area contributed by atoms with Crippen LogP contribution in [0.5, 0.6) is 5.75 Å². The normalized spacial score (nSPS) is 15.8. The highest BCUT2D eigenvalue weighted by Gasteiger charge is 2.49. The van der Waals surface area contributed by atoms with Crippen molar-refractivity contribution >= 4 is 29.2 Å². The summed E-state index contributed by atoms with van der Waals surface area (Å²) in [5, 5.41) is 10.9. The van der Waals surface area contributed by atoms with Crippen molar-refractivity contribution < 1.29 is 28.2 Å². The zero-order valence-corrected chi connectivity index (χ0v) is 22.9. The molecule has 0 spiro atoms. The molecule has 0 aliphatic carbocycles. The number of aliphatic hydroxyl groups is 1. The molecule has 38 heavy (non-hydrogen) atoms. The Labute approximate surface area is 227 Å². The number of halogens is 3. The number of aromatic nitrogens is 1. The molecule has 1 aromatic carbocycles. The van der Waals surface area contributed by atoms with Crippen LogP contribution in [0.3, 0.4) is 0 Å². The van der Waals surface area contributed by atoms with Gasteiger partial charge >= 0.3 is 0 Å². The minimum absolute atomic E-state index is 0.175. The molecule has 2 aromatic rings. The molecule has 1 aliphatic rings. The Bertz CT molecular complexity index is 1130. The fourth-order valence-electron chi connectivity index (χ4n) is 4.66. The second-order valence-electron chi connectivity index (χ2n) is 9.81. The number of ether oxygens (including phenoxy) is 1. The number of carbonyl (C=O) groups is 2. The molecule has 3 rings (SSSR count). The fourth-order valence-corrected chi connectivity index (χ4v) is 4.90. The number of nitrogens with zero attached hydrogens (tertiary/aromatic N) is 4. The van der Waals surface area contributed by atoms with Crippen LogP contribution in [-0.4, -0.2) is 86.0 Å². The molecule has 2 heterocycles. The third-order valence-electron chi connectivity index (χ3n) is 7.01. The number of anilines is 1. The molecule has 1 saturated heterocycles. The molecule has 0 radical (unpaired) electrons. The number of rotatable bonds is 10. The Hall–Kier alpha value is -2.98. The predicted octanol–water partition coefficient (Wildman–Crippen LogP) is 4.05. The summed E-state index contributed by atoms with van der Waals surface area (Å²) in [6.45, 7) is 1.78. The van der Waals surface area contributed by atoms with Crippen molar-refractivity contribution in [3.05, 3.63) is 52.7 Å². The number of benzene rings is 1. The highest BCUT2D eigenvalue weighted by Crippen LogP contribution is 2.33. The third-order valence-corrected chi connectivity index (χ3v) is 7.30. The van der Waals surface area contributed by atoms with Crippen LogP contribution in [0.2, 0.25) is 5.15 Å². The van der Waals surface area contributed by atoms with Crippen LogP contribution in [-0.2, 0) is 10.4 Å². The smallest absolute Gasteiger partial charge is 0.280 e. The van der Waals surface area contributed by atoms with Crippen molar-refractivity contribution in [3.8, 4) is 5.75 Å². The van der Waals surface area contributed by atoms with E-state index in [1.807, 2.05) is 0 Å². The number of piperidine rings is 1. The summed E-state index contributed by atoms with van der Waals surface area (Å²) in [6, 6.07) is 9.06. The van der Waals surface area contributed by atoms with Crippen molar-refractivity contribution in [2.24, 2.45) is 5.92 Å². The average Bonchev–Trinajstić information content (AvgIpc) is 2.91. The summed E-state index contributed by atoms with van der Waals surface area (Å²) >= 11 is 6.26. The molecule has 1 atom stereocenters. The zero-order valence-electron chi connectivity index (χ0n) is 22.2. The minimum Gasteiger partial charge on any atom is -0.497 e. The molecule has 1 aromatic heterocycles. The first-order valence-corrected chi connectivity index (χ1v) is 12.9. The topological polar surface area (TPSA) is 86.2 Å². The van der Waals surface area contributed by atoms with Gasteiger partial charge in [-0.15, -0.1) is 0 Å². The molecule has 11 heteroatoms. The van der Waals surface area contributed by atoms with Crippen molar-refractivity contribution in [1.29, 1.82) is 0 Å². The molecule has 1 N–H and O–H groups in total. The Kier molecular flexibility index (Phi) is 9.89. The molecule has 1 aliphatic heterocycles. The van der Waals surface area contributed by atoms with E-state index >= 15 is 0 Å². The number of hydrogen-bond donors (Lipinski definition) is 1. The van der Waals surface area contributed by atoms with Gasteiger partial charge in [-0.1, -0.05) is 23.7 Å². The Balaban J connectivity index is 1.52. The predicted molar refractivity (Wildman–Crippen MR) is 142 cm³/mol. The van der Waals surface area contributed by atoms with Gasteiger partial charge in [0.05, 0.1) is 12.7 Å². The molecule has 0 bridgehead atoms. The van der Waals surface area contributed by atoms with E-state index in [0.29, 0.717) is 17.9 Å². The van der Waals surface area contributed by atoms with Gasteiger partial charge in [-0.3, -0.25) is 9.59 Å². The summed E-state index contributed by atoms with van der Waals surface area (Å²) in [6.07, 6.45) is -0.0517. The van der Waals surface area contributed by atoms with Gasteiger partial charge in [0, 0.05) is 46.3 Å². The quantitative estimate of drug-likeness (QED) is 0.448. The van der Waals surface area contributed by atoms with Crippen LogP contribution in [0.4, 0.5) is 14.6 Å². The van der Waals surface area contributed by atoms with Crippen molar-refractivity contribution in [3.63, 3.8) is 0 Å². The summed E-state index contributed by atoms with van der Waals surface area (Å²) in [5.74, 6) is 0.158. The van der Waals surface area contributed by atoms with Gasteiger partial charge in [0.15, 0.2) is 0 Å². The first-order chi connectivity index (χ1) is 18.0. The highest BCUT2D eigenvalue weighted by molar-refractivity contribution is 6.32. The number of amides is 2. The van der Waals surface area contributed by atoms with E-state index in [1.54, 1.807) is 32.3 Å². The van der Waals surface area contributed by atoms with Crippen LogP contribution in [0, 0.1) is 5.92 Å². The highest BCUT2D eigenvalue weighted by atomic mass is 35.5. The maximum Gasteiger partial charge on any atom is 0.280 e. The molecule has 0 unspecified atom stereocenters. The van der Waals surface area contributed by atoms with Gasteiger partial charge in [0.2, 0.25) is 5.60 Å². The number of likely N-dealkylation sites (N-methyl/N-ethyl adjacent to an activating group) is 1. The first-order valence-electron chi connectivity index (χ1n) is 12.5. The molecule has 8 nitrogen and oxygen atoms in total. The number of methoxy groups -OCH3 is 1. The van der Waals surface area contributed by atoms with Crippen molar-refractivity contribution in [2.75, 3.05) is 52.8 Å². The molecular weight excluding hydrogens is 518 g/mol. The number of pyridine rings is 1. The van der Waals surface area contributed by atoms with Crippen molar-refractivity contribution in [1.82, 2.24) is 14.8 Å². The molecule has 1 fully saturated rings. The van der Waals surface area contributed by atoms with Crippen LogP contribution in [0.15, 0.2) is 36.4 Å². The fraction of sp³-hybridized carbons (Fsp3) is 0.519. The van der Waals surface area contributed by atoms with Gasteiger partial charge in [-0.2, -0.15) is 0 Å². The largest absolute Gasteiger partial charge is 0.497 e. The molecule has 208 valence electrons. The van der Waals surface area contributed by atoms with Gasteiger partial charge in [0.25, 0.3) is 18.2 Å². The molecular formula is C27H35ClF2N4O4. The minimum atomic E-state index is -3.30. The summed E-state index contributed by atoms with van der Waals surface area (Å²) in [7, 11) is 6.13. The Morgan fingerprint density at radius 2 is 1.89 bits per heavy atom. The monoisotopic (exact) mass is 552 g/mol. The zero-order chi connectivity index (χ0) is 28.0. The van der Waals surface area contributed by atoms with Crippen LogP contribution in [0.1, 0.15) is 41.6 Å². The van der Waals surface area contributed by atoms with E-state index in [1.165, 1.54) is 42.2 Å². The van der Waals surface area contributed by atoms with Gasteiger partial charge in [-0.25, -0.2) is 13.8 Å². The van der Waals surface area contributed by atoms with E-state index in [2.05, 4.69) is 9.88 Å². The summed E-state index contributed by atoms with van der Waals surface area (Å²) in [4.78, 5) is 34.3. The van der Waals surface area contributed by atoms with E-state index in [4.69, 9.17) is 16.3 Å². The average molecular weight is 553 g/mol. The standard InChI is InChI=1S/C27H35ClF2N4O4/c1-32(2)24(35)21-10-11-22(31-23(21)28)34-15-12-18(13-16-34)7-6-14-33(3)26(36)27(37,25(29)30)19-8-5-9-20(17-19)38-4/h5,8-11,17-18,25,37H,6-7,12-16H2,1-4H3/t27-/m0/s1.